The summed E-state index contributed by atoms with van der Waals surface area (Å²) in [6.45, 7) is 1.93. The number of nitrogens with two attached hydrogens (primary N) is 1. The van der Waals surface area contributed by atoms with Crippen molar-refractivity contribution in [2.75, 3.05) is 7.11 Å². The lowest BCUT2D eigenvalue weighted by Crippen LogP contribution is -2.34. The summed E-state index contributed by atoms with van der Waals surface area (Å²) >= 11 is 0. The van der Waals surface area contributed by atoms with E-state index in [-0.39, 0.29) is 6.10 Å². The largest absolute Gasteiger partial charge is 0.480 e. The van der Waals surface area contributed by atoms with E-state index < -0.39 is 12.0 Å². The molecule has 0 spiro atoms. The SMILES string of the molecule is CCC(C[C@H](N)C(=O)O)OC. The summed E-state index contributed by atoms with van der Waals surface area (Å²) in [4.78, 5) is 10.3. The van der Waals surface area contributed by atoms with E-state index in [0.717, 1.165) is 6.42 Å². The van der Waals surface area contributed by atoms with Crippen molar-refractivity contribution in [2.45, 2.75) is 31.9 Å². The molecule has 11 heavy (non-hydrogen) atoms. The number of carboxylic acids is 1. The van der Waals surface area contributed by atoms with Gasteiger partial charge in [0.1, 0.15) is 6.04 Å². The summed E-state index contributed by atoms with van der Waals surface area (Å²) in [6.07, 6.45) is 1.13. The lowest BCUT2D eigenvalue weighted by Gasteiger charge is -2.14. The van der Waals surface area contributed by atoms with Gasteiger partial charge in [0, 0.05) is 7.11 Å². The minimum Gasteiger partial charge on any atom is -0.480 e. The van der Waals surface area contributed by atoms with Gasteiger partial charge in [0.2, 0.25) is 0 Å². The van der Waals surface area contributed by atoms with Crippen LogP contribution in [0.25, 0.3) is 0 Å². The average molecular weight is 161 g/mol. The molecule has 1 unspecified atom stereocenters. The van der Waals surface area contributed by atoms with E-state index >= 15 is 0 Å². The average Bonchev–Trinajstić information content (AvgIpc) is 1.99. The Morgan fingerprint density at radius 3 is 2.55 bits per heavy atom. The third-order valence-electron chi connectivity index (χ3n) is 1.62. The summed E-state index contributed by atoms with van der Waals surface area (Å²) in [5, 5.41) is 8.44. The zero-order chi connectivity index (χ0) is 8.85. The topological polar surface area (TPSA) is 72.6 Å². The first-order valence-electron chi connectivity index (χ1n) is 3.63. The molecule has 4 heteroatoms. The van der Waals surface area contributed by atoms with Gasteiger partial charge in [-0.3, -0.25) is 4.79 Å². The van der Waals surface area contributed by atoms with Crippen molar-refractivity contribution in [1.29, 1.82) is 0 Å². The number of hydrogen-bond acceptors (Lipinski definition) is 3. The number of ether oxygens (including phenoxy) is 1. The molecule has 0 fully saturated rings. The molecule has 0 aliphatic heterocycles. The van der Waals surface area contributed by atoms with Crippen molar-refractivity contribution in [3.8, 4) is 0 Å². The van der Waals surface area contributed by atoms with Crippen LogP contribution < -0.4 is 5.73 Å². The second-order valence-electron chi connectivity index (χ2n) is 2.45. The predicted octanol–water partition coefficient (Wildman–Crippen LogP) is 0.213. The van der Waals surface area contributed by atoms with Gasteiger partial charge in [0.15, 0.2) is 0 Å². The first-order valence-corrected chi connectivity index (χ1v) is 3.63. The predicted molar refractivity (Wildman–Crippen MR) is 41.3 cm³/mol. The molecule has 0 aromatic carbocycles. The fraction of sp³-hybridized carbons (Fsp3) is 0.857. The summed E-state index contributed by atoms with van der Waals surface area (Å²) in [7, 11) is 1.56. The minimum atomic E-state index is -0.972. The van der Waals surface area contributed by atoms with Crippen LogP contribution in [0.5, 0.6) is 0 Å². The molecule has 4 nitrogen and oxygen atoms in total. The van der Waals surface area contributed by atoms with Crippen molar-refractivity contribution in [2.24, 2.45) is 5.73 Å². The number of carboxylic acid groups (broad SMARTS) is 1. The quantitative estimate of drug-likeness (QED) is 0.604. The van der Waals surface area contributed by atoms with E-state index in [1.165, 1.54) is 0 Å². The zero-order valence-electron chi connectivity index (χ0n) is 6.91. The number of hydrogen-bond donors (Lipinski definition) is 2. The van der Waals surface area contributed by atoms with E-state index in [2.05, 4.69) is 0 Å². The summed E-state index contributed by atoms with van der Waals surface area (Å²) in [6, 6.07) is -0.806. The number of carbonyl (C=O) groups is 1. The molecular weight excluding hydrogens is 146 g/mol. The Morgan fingerprint density at radius 2 is 2.27 bits per heavy atom. The van der Waals surface area contributed by atoms with Crippen molar-refractivity contribution in [3.05, 3.63) is 0 Å². The van der Waals surface area contributed by atoms with Gasteiger partial charge in [-0.05, 0) is 12.8 Å². The van der Waals surface area contributed by atoms with Crippen LogP contribution in [0.1, 0.15) is 19.8 Å². The number of methoxy groups -OCH3 is 1. The molecule has 0 aliphatic carbocycles. The molecule has 0 aromatic heterocycles. The van der Waals surface area contributed by atoms with Crippen molar-refractivity contribution < 1.29 is 14.6 Å². The van der Waals surface area contributed by atoms with Gasteiger partial charge < -0.3 is 15.6 Å². The molecule has 0 aliphatic rings. The van der Waals surface area contributed by atoms with E-state index in [4.69, 9.17) is 15.6 Å². The lowest BCUT2D eigenvalue weighted by atomic mass is 10.1. The summed E-state index contributed by atoms with van der Waals surface area (Å²) < 4.78 is 4.98. The number of aliphatic carboxylic acids is 1. The fourth-order valence-corrected chi connectivity index (χ4v) is 0.814. The second kappa shape index (κ2) is 5.09. The van der Waals surface area contributed by atoms with Crippen molar-refractivity contribution >= 4 is 5.97 Å². The van der Waals surface area contributed by atoms with Gasteiger partial charge in [-0.25, -0.2) is 0 Å². The van der Waals surface area contributed by atoms with Crippen LogP contribution in [0.3, 0.4) is 0 Å². The van der Waals surface area contributed by atoms with Gasteiger partial charge in [-0.15, -0.1) is 0 Å². The lowest BCUT2D eigenvalue weighted by molar-refractivity contribution is -0.139. The van der Waals surface area contributed by atoms with E-state index in [9.17, 15) is 4.79 Å². The Morgan fingerprint density at radius 1 is 1.73 bits per heavy atom. The van der Waals surface area contributed by atoms with Crippen LogP contribution in [-0.2, 0) is 9.53 Å². The smallest absolute Gasteiger partial charge is 0.320 e. The van der Waals surface area contributed by atoms with Crippen LogP contribution in [0, 0.1) is 0 Å². The van der Waals surface area contributed by atoms with Crippen LogP contribution in [0.15, 0.2) is 0 Å². The van der Waals surface area contributed by atoms with Crippen LogP contribution in [0.4, 0.5) is 0 Å². The van der Waals surface area contributed by atoms with Crippen molar-refractivity contribution in [3.63, 3.8) is 0 Å². The molecule has 0 saturated heterocycles. The Balaban J connectivity index is 3.71. The Labute approximate surface area is 66.3 Å². The maximum atomic E-state index is 10.3. The third-order valence-corrected chi connectivity index (χ3v) is 1.62. The van der Waals surface area contributed by atoms with E-state index in [1.54, 1.807) is 7.11 Å². The first kappa shape index (κ1) is 10.4. The third kappa shape index (κ3) is 3.95. The Kier molecular flexibility index (Phi) is 4.81. The molecule has 2 atom stereocenters. The molecular formula is C7H15NO3. The molecule has 66 valence electrons. The van der Waals surface area contributed by atoms with E-state index in [1.807, 2.05) is 6.92 Å². The highest BCUT2D eigenvalue weighted by Gasteiger charge is 2.16. The van der Waals surface area contributed by atoms with Gasteiger partial charge in [-0.1, -0.05) is 6.92 Å². The first-order chi connectivity index (χ1) is 5.11. The van der Waals surface area contributed by atoms with Crippen LogP contribution in [-0.4, -0.2) is 30.3 Å². The zero-order valence-corrected chi connectivity index (χ0v) is 6.91. The number of rotatable bonds is 5. The molecule has 0 radical (unpaired) electrons. The molecule has 0 aromatic rings. The van der Waals surface area contributed by atoms with Gasteiger partial charge >= 0.3 is 5.97 Å². The van der Waals surface area contributed by atoms with Crippen LogP contribution >= 0.6 is 0 Å². The monoisotopic (exact) mass is 161 g/mol. The highest BCUT2D eigenvalue weighted by atomic mass is 16.5. The van der Waals surface area contributed by atoms with Crippen LogP contribution in [0.2, 0.25) is 0 Å². The normalized spacial score (nSPS) is 15.9. The Hall–Kier alpha value is -0.610. The molecule has 3 N–H and O–H groups in total. The highest BCUT2D eigenvalue weighted by Crippen LogP contribution is 2.04. The standard InChI is InChI=1S/C7H15NO3/c1-3-5(11-2)4-6(8)7(9)10/h5-6H,3-4,8H2,1-2H3,(H,9,10)/t5?,6-/m0/s1. The molecule has 0 bridgehead atoms. The maximum absolute atomic E-state index is 10.3. The van der Waals surface area contributed by atoms with Gasteiger partial charge in [0.25, 0.3) is 0 Å². The Bertz CT molecular complexity index is 123. The van der Waals surface area contributed by atoms with Gasteiger partial charge in [-0.2, -0.15) is 0 Å². The minimum absolute atomic E-state index is 0.0406. The van der Waals surface area contributed by atoms with Crippen molar-refractivity contribution in [1.82, 2.24) is 0 Å². The highest BCUT2D eigenvalue weighted by molar-refractivity contribution is 5.73. The summed E-state index contributed by atoms with van der Waals surface area (Å²) in [5.41, 5.74) is 5.29. The van der Waals surface area contributed by atoms with Gasteiger partial charge in [0.05, 0.1) is 6.10 Å². The summed E-state index contributed by atoms with van der Waals surface area (Å²) in [5.74, 6) is -0.972. The maximum Gasteiger partial charge on any atom is 0.320 e. The molecule has 0 rings (SSSR count). The molecule has 0 saturated carbocycles. The molecule has 0 heterocycles. The second-order valence-corrected chi connectivity index (χ2v) is 2.45. The molecule has 0 amide bonds. The fourth-order valence-electron chi connectivity index (χ4n) is 0.814. The van der Waals surface area contributed by atoms with E-state index in [0.29, 0.717) is 6.42 Å².